The van der Waals surface area contributed by atoms with E-state index in [1.54, 1.807) is 6.07 Å². The lowest BCUT2D eigenvalue weighted by Crippen LogP contribution is -2.48. The van der Waals surface area contributed by atoms with Gasteiger partial charge >= 0.3 is 12.3 Å². The first kappa shape index (κ1) is 32.5. The minimum absolute atomic E-state index is 0.0851. The number of anilines is 2. The second kappa shape index (κ2) is 11.9. The first-order valence-electron chi connectivity index (χ1n) is 12.6. The Kier molecular flexibility index (Phi) is 8.82. The lowest BCUT2D eigenvalue weighted by molar-refractivity contribution is -0.242. The number of rotatable bonds is 8. The van der Waals surface area contributed by atoms with Gasteiger partial charge in [-0.3, -0.25) is 9.62 Å². The van der Waals surface area contributed by atoms with Crippen LogP contribution < -0.4 is 19.1 Å². The Bertz CT molecular complexity index is 1830. The summed E-state index contributed by atoms with van der Waals surface area (Å²) in [4.78, 5) is 11.6. The molecule has 0 radical (unpaired) electrons. The first-order valence-corrected chi connectivity index (χ1v) is 15.5. The van der Waals surface area contributed by atoms with Crippen molar-refractivity contribution in [1.29, 1.82) is 5.26 Å². The molecule has 0 aliphatic carbocycles. The second-order valence-corrected chi connectivity index (χ2v) is 13.5. The zero-order chi connectivity index (χ0) is 32.5. The number of ether oxygens (including phenoxy) is 2. The molecule has 0 unspecified atom stereocenters. The number of halogens is 4. The molecule has 1 heterocycles. The van der Waals surface area contributed by atoms with Gasteiger partial charge in [-0.05, 0) is 68.4 Å². The van der Waals surface area contributed by atoms with E-state index < -0.39 is 62.9 Å². The Morgan fingerprint density at radius 3 is 2.36 bits per heavy atom. The summed E-state index contributed by atoms with van der Waals surface area (Å²) < 4.78 is 120. The highest BCUT2D eigenvalue weighted by molar-refractivity contribution is 7.92. The van der Waals surface area contributed by atoms with E-state index in [1.807, 2.05) is 0 Å². The van der Waals surface area contributed by atoms with Gasteiger partial charge in [-0.15, -0.1) is 0 Å². The Balaban J connectivity index is 1.65. The van der Waals surface area contributed by atoms with Crippen LogP contribution in [0.4, 0.5) is 33.7 Å². The van der Waals surface area contributed by atoms with Crippen molar-refractivity contribution in [2.24, 2.45) is 0 Å². The van der Waals surface area contributed by atoms with Crippen LogP contribution in [0.5, 0.6) is 5.75 Å². The third-order valence-electron chi connectivity index (χ3n) is 6.37. The number of carbonyl (C=O) groups excluding carboxylic acids is 1. The molecule has 11 nitrogen and oxygen atoms in total. The number of nitriles is 1. The molecule has 0 fully saturated rings. The Morgan fingerprint density at radius 1 is 1.07 bits per heavy atom. The Morgan fingerprint density at radius 2 is 1.73 bits per heavy atom. The van der Waals surface area contributed by atoms with Gasteiger partial charge in [0.1, 0.15) is 23.7 Å². The van der Waals surface area contributed by atoms with Gasteiger partial charge in [0.05, 0.1) is 27.6 Å². The summed E-state index contributed by atoms with van der Waals surface area (Å²) in [5.41, 5.74) is -3.26. The molecule has 0 bridgehead atoms. The van der Waals surface area contributed by atoms with Crippen molar-refractivity contribution in [2.75, 3.05) is 22.7 Å². The standard InChI is InChI=1S/C27H24F4N4O7S2/c1-26(2,27(29,30)31)42-25(36)34-19-9-12-23-22(13-19)35(44(39,40)21-10-7-18(28)8-11-21)16-20(41-23)15-33-43(37,38)24-6-4-3-5-17(24)14-32/h3-13,20,33H,15-16H2,1-2H3,(H,34,36)/t20-/m0/s1. The van der Waals surface area contributed by atoms with Crippen molar-refractivity contribution < 1.29 is 48.7 Å². The van der Waals surface area contributed by atoms with E-state index in [1.165, 1.54) is 36.4 Å². The van der Waals surface area contributed by atoms with Crippen LogP contribution >= 0.6 is 0 Å². The van der Waals surface area contributed by atoms with Crippen LogP contribution in [-0.2, 0) is 24.8 Å². The van der Waals surface area contributed by atoms with E-state index in [-0.39, 0.29) is 32.5 Å². The van der Waals surface area contributed by atoms with Crippen molar-refractivity contribution in [3.05, 3.63) is 78.1 Å². The first-order chi connectivity index (χ1) is 20.4. The van der Waals surface area contributed by atoms with Crippen LogP contribution in [0.15, 0.2) is 76.5 Å². The molecule has 0 aromatic heterocycles. The number of carbonyl (C=O) groups is 1. The van der Waals surface area contributed by atoms with Gasteiger partial charge in [-0.1, -0.05) is 12.1 Å². The fraction of sp³-hybridized carbons (Fsp3) is 0.259. The average Bonchev–Trinajstić information content (AvgIpc) is 2.95. The molecule has 44 heavy (non-hydrogen) atoms. The van der Waals surface area contributed by atoms with Gasteiger partial charge in [0, 0.05) is 12.2 Å². The maximum atomic E-state index is 13.7. The number of hydrogen-bond acceptors (Lipinski definition) is 8. The number of benzene rings is 3. The summed E-state index contributed by atoms with van der Waals surface area (Å²) in [6.07, 6.45) is -7.47. The van der Waals surface area contributed by atoms with E-state index in [9.17, 15) is 44.5 Å². The summed E-state index contributed by atoms with van der Waals surface area (Å²) in [6, 6.07) is 14.6. The van der Waals surface area contributed by atoms with Gasteiger partial charge in [-0.25, -0.2) is 30.7 Å². The topological polar surface area (TPSA) is 155 Å². The van der Waals surface area contributed by atoms with Crippen LogP contribution in [-0.4, -0.2) is 53.9 Å². The SMILES string of the molecule is CC(C)(OC(=O)Nc1ccc2c(c1)N(S(=O)(=O)c1ccc(F)cc1)C[C@H](CNS(=O)(=O)c1ccccc1C#N)O2)C(F)(F)F. The fourth-order valence-corrected chi connectivity index (χ4v) is 6.68. The van der Waals surface area contributed by atoms with Crippen LogP contribution in [0.2, 0.25) is 0 Å². The summed E-state index contributed by atoms with van der Waals surface area (Å²) >= 11 is 0. The smallest absolute Gasteiger partial charge is 0.427 e. The fourth-order valence-electron chi connectivity index (χ4n) is 3.96. The van der Waals surface area contributed by atoms with Crippen LogP contribution in [0, 0.1) is 17.1 Å². The molecular formula is C27H24F4N4O7S2. The zero-order valence-electron chi connectivity index (χ0n) is 22.9. The van der Waals surface area contributed by atoms with Crippen LogP contribution in [0.1, 0.15) is 19.4 Å². The molecular weight excluding hydrogens is 632 g/mol. The zero-order valence-corrected chi connectivity index (χ0v) is 24.6. The van der Waals surface area contributed by atoms with Gasteiger partial charge < -0.3 is 9.47 Å². The highest BCUT2D eigenvalue weighted by Crippen LogP contribution is 2.39. The van der Waals surface area contributed by atoms with E-state index in [0.717, 1.165) is 34.6 Å². The van der Waals surface area contributed by atoms with Crippen molar-refractivity contribution in [2.45, 2.75) is 41.5 Å². The molecule has 0 spiro atoms. The predicted molar refractivity (Wildman–Crippen MR) is 148 cm³/mol. The maximum absolute atomic E-state index is 13.7. The molecule has 17 heteroatoms. The highest BCUT2D eigenvalue weighted by Gasteiger charge is 2.51. The molecule has 1 amide bonds. The molecule has 2 N–H and O–H groups in total. The number of sulfonamides is 2. The van der Waals surface area contributed by atoms with E-state index >= 15 is 0 Å². The maximum Gasteiger partial charge on any atom is 0.427 e. The predicted octanol–water partition coefficient (Wildman–Crippen LogP) is 4.52. The monoisotopic (exact) mass is 656 g/mol. The normalized spacial score (nSPS) is 15.5. The molecule has 1 atom stereocenters. The molecule has 1 aliphatic heterocycles. The largest absolute Gasteiger partial charge is 0.485 e. The van der Waals surface area contributed by atoms with Crippen molar-refractivity contribution in [3.8, 4) is 11.8 Å². The van der Waals surface area contributed by atoms with E-state index in [0.29, 0.717) is 13.8 Å². The van der Waals surface area contributed by atoms with Crippen LogP contribution in [0.25, 0.3) is 0 Å². The molecule has 3 aromatic rings. The summed E-state index contributed by atoms with van der Waals surface area (Å²) in [6.45, 7) is 0.370. The van der Waals surface area contributed by atoms with E-state index in [2.05, 4.69) is 14.8 Å². The molecule has 0 saturated carbocycles. The minimum atomic E-state index is -4.87. The highest BCUT2D eigenvalue weighted by atomic mass is 32.2. The quantitative estimate of drug-likeness (QED) is 0.336. The van der Waals surface area contributed by atoms with Gasteiger partial charge in [0.2, 0.25) is 15.6 Å². The Labute approximate surface area is 250 Å². The second-order valence-electron chi connectivity index (χ2n) is 9.89. The van der Waals surface area contributed by atoms with Crippen molar-refractivity contribution >= 4 is 37.5 Å². The lowest BCUT2D eigenvalue weighted by Gasteiger charge is -2.36. The number of hydrogen-bond donors (Lipinski definition) is 2. The third-order valence-corrected chi connectivity index (χ3v) is 9.64. The molecule has 1 aliphatic rings. The lowest BCUT2D eigenvalue weighted by atomic mass is 10.1. The number of amides is 1. The summed E-state index contributed by atoms with van der Waals surface area (Å²) in [5.74, 6) is -0.791. The Hall–Kier alpha value is -4.40. The molecule has 0 saturated heterocycles. The third kappa shape index (κ3) is 6.87. The van der Waals surface area contributed by atoms with Gasteiger partial charge in [-0.2, -0.15) is 18.4 Å². The number of alkyl halides is 3. The minimum Gasteiger partial charge on any atom is -0.485 e. The van der Waals surface area contributed by atoms with Gasteiger partial charge in [0.15, 0.2) is 0 Å². The van der Waals surface area contributed by atoms with Crippen LogP contribution in [0.3, 0.4) is 0 Å². The summed E-state index contributed by atoms with van der Waals surface area (Å²) in [5, 5.41) is 11.4. The molecule has 4 rings (SSSR count). The average molecular weight is 657 g/mol. The molecule has 234 valence electrons. The summed E-state index contributed by atoms with van der Waals surface area (Å²) in [7, 11) is -8.70. The van der Waals surface area contributed by atoms with E-state index in [4.69, 9.17) is 4.74 Å². The number of nitrogens with one attached hydrogen (secondary N) is 2. The van der Waals surface area contributed by atoms with Gasteiger partial charge in [0.25, 0.3) is 10.0 Å². The molecule has 3 aromatic carbocycles. The number of fused-ring (bicyclic) bond motifs is 1. The van der Waals surface area contributed by atoms with Crippen molar-refractivity contribution in [3.63, 3.8) is 0 Å². The van der Waals surface area contributed by atoms with Crippen molar-refractivity contribution in [1.82, 2.24) is 4.72 Å². The number of nitrogens with zero attached hydrogens (tertiary/aromatic N) is 2.